The summed E-state index contributed by atoms with van der Waals surface area (Å²) < 4.78 is 11.1. The van der Waals surface area contributed by atoms with Crippen LogP contribution >= 0.6 is 11.3 Å². The molecule has 1 aromatic carbocycles. The molecule has 3 rings (SSSR count). The molecule has 24 heavy (non-hydrogen) atoms. The second-order valence-corrected chi connectivity index (χ2v) is 6.39. The average Bonchev–Trinajstić information content (AvgIpc) is 3.15. The Labute approximate surface area is 141 Å². The molecule has 1 amide bonds. The standard InChI is InChI=1S/C15H17N3O5S/c1-22-8-10-7-18(15(20)23-10)9-2-3-11-13(6-9)24-14(17-11)12(19)4-5-16-21/h2-3,5-6,10,12,19,21H,4,7-8H2,1H3/b16-5+. The number of carbonyl (C=O) groups is 1. The van der Waals surface area contributed by atoms with Crippen molar-refractivity contribution in [2.75, 3.05) is 25.2 Å². The number of fused-ring (bicyclic) bond motifs is 1. The van der Waals surface area contributed by atoms with Crippen LogP contribution in [-0.2, 0) is 9.47 Å². The van der Waals surface area contributed by atoms with Crippen molar-refractivity contribution >= 4 is 39.5 Å². The Bertz CT molecular complexity index is 763. The molecule has 1 aromatic heterocycles. The number of oxime groups is 1. The summed E-state index contributed by atoms with van der Waals surface area (Å²) in [5.41, 5.74) is 1.45. The first-order valence-corrected chi connectivity index (χ1v) is 8.15. The van der Waals surface area contributed by atoms with Gasteiger partial charge in [-0.25, -0.2) is 9.78 Å². The summed E-state index contributed by atoms with van der Waals surface area (Å²) in [6.45, 7) is 0.785. The lowest BCUT2D eigenvalue weighted by atomic mass is 10.2. The first kappa shape index (κ1) is 16.6. The fraction of sp³-hybridized carbons (Fsp3) is 0.400. The summed E-state index contributed by atoms with van der Waals surface area (Å²) in [6, 6.07) is 5.44. The van der Waals surface area contributed by atoms with Crippen molar-refractivity contribution in [1.29, 1.82) is 0 Å². The van der Waals surface area contributed by atoms with Crippen molar-refractivity contribution in [3.8, 4) is 0 Å². The van der Waals surface area contributed by atoms with E-state index in [0.29, 0.717) is 23.8 Å². The maximum Gasteiger partial charge on any atom is 0.414 e. The highest BCUT2D eigenvalue weighted by Gasteiger charge is 2.32. The highest BCUT2D eigenvalue weighted by Crippen LogP contribution is 2.32. The third-order valence-corrected chi connectivity index (χ3v) is 4.74. The van der Waals surface area contributed by atoms with Gasteiger partial charge in [0.05, 0.1) is 23.4 Å². The zero-order valence-electron chi connectivity index (χ0n) is 13.0. The normalized spacial score (nSPS) is 19.3. The van der Waals surface area contributed by atoms with E-state index in [1.54, 1.807) is 24.1 Å². The van der Waals surface area contributed by atoms with Gasteiger partial charge in [-0.2, -0.15) is 0 Å². The van der Waals surface area contributed by atoms with Gasteiger partial charge < -0.3 is 19.8 Å². The number of cyclic esters (lactones) is 1. The smallest absolute Gasteiger partial charge is 0.414 e. The molecule has 2 N–H and O–H groups in total. The number of aliphatic hydroxyl groups excluding tert-OH is 1. The molecule has 2 atom stereocenters. The molecule has 2 unspecified atom stereocenters. The van der Waals surface area contributed by atoms with Gasteiger partial charge >= 0.3 is 6.09 Å². The van der Waals surface area contributed by atoms with Gasteiger partial charge in [0, 0.05) is 25.4 Å². The van der Waals surface area contributed by atoms with Gasteiger partial charge in [0.25, 0.3) is 0 Å². The average molecular weight is 351 g/mol. The van der Waals surface area contributed by atoms with Crippen LogP contribution in [0, 0.1) is 0 Å². The highest BCUT2D eigenvalue weighted by molar-refractivity contribution is 7.18. The van der Waals surface area contributed by atoms with Crippen molar-refractivity contribution in [3.63, 3.8) is 0 Å². The molecule has 1 saturated heterocycles. The van der Waals surface area contributed by atoms with Crippen LogP contribution in [0.15, 0.2) is 23.4 Å². The van der Waals surface area contributed by atoms with Crippen LogP contribution in [0.2, 0.25) is 0 Å². The van der Waals surface area contributed by atoms with E-state index in [2.05, 4.69) is 10.1 Å². The van der Waals surface area contributed by atoms with Crippen molar-refractivity contribution in [2.24, 2.45) is 5.16 Å². The molecule has 1 aliphatic heterocycles. The van der Waals surface area contributed by atoms with Crippen molar-refractivity contribution < 1.29 is 24.6 Å². The van der Waals surface area contributed by atoms with Gasteiger partial charge in [0.2, 0.25) is 0 Å². The summed E-state index contributed by atoms with van der Waals surface area (Å²) in [5.74, 6) is 0. The number of benzene rings is 1. The molecule has 128 valence electrons. The molecule has 0 bridgehead atoms. The molecular formula is C15H17N3O5S. The maximum atomic E-state index is 12.0. The van der Waals surface area contributed by atoms with E-state index >= 15 is 0 Å². The number of amides is 1. The van der Waals surface area contributed by atoms with Crippen LogP contribution in [0.1, 0.15) is 17.5 Å². The van der Waals surface area contributed by atoms with E-state index < -0.39 is 12.2 Å². The number of carbonyl (C=O) groups excluding carboxylic acids is 1. The van der Waals surface area contributed by atoms with Gasteiger partial charge in [0.15, 0.2) is 0 Å². The number of hydrogen-bond donors (Lipinski definition) is 2. The predicted molar refractivity (Wildman–Crippen MR) is 89.0 cm³/mol. The van der Waals surface area contributed by atoms with Crippen LogP contribution in [0.5, 0.6) is 0 Å². The van der Waals surface area contributed by atoms with E-state index in [1.165, 1.54) is 17.6 Å². The first-order chi connectivity index (χ1) is 11.6. The number of rotatable bonds is 6. The molecule has 9 heteroatoms. The quantitative estimate of drug-likeness (QED) is 0.469. The van der Waals surface area contributed by atoms with E-state index in [1.807, 2.05) is 6.07 Å². The fourth-order valence-electron chi connectivity index (χ4n) is 2.49. The zero-order valence-corrected chi connectivity index (χ0v) is 13.8. The first-order valence-electron chi connectivity index (χ1n) is 7.34. The van der Waals surface area contributed by atoms with Gasteiger partial charge in [0.1, 0.15) is 17.2 Å². The summed E-state index contributed by atoms with van der Waals surface area (Å²) in [5, 5.41) is 21.8. The van der Waals surface area contributed by atoms with Crippen LogP contribution in [0.3, 0.4) is 0 Å². The Morgan fingerprint density at radius 2 is 2.46 bits per heavy atom. The highest BCUT2D eigenvalue weighted by atomic mass is 32.1. The molecule has 0 aliphatic carbocycles. The lowest BCUT2D eigenvalue weighted by Gasteiger charge is -2.12. The summed E-state index contributed by atoms with van der Waals surface area (Å²) in [7, 11) is 1.56. The fourth-order valence-corrected chi connectivity index (χ4v) is 3.49. The van der Waals surface area contributed by atoms with Crippen molar-refractivity contribution in [1.82, 2.24) is 4.98 Å². The van der Waals surface area contributed by atoms with E-state index in [-0.39, 0.29) is 12.5 Å². The number of nitrogens with zero attached hydrogens (tertiary/aromatic N) is 3. The van der Waals surface area contributed by atoms with Crippen LogP contribution in [0.25, 0.3) is 10.2 Å². The minimum absolute atomic E-state index is 0.181. The molecular weight excluding hydrogens is 334 g/mol. The van der Waals surface area contributed by atoms with E-state index in [0.717, 1.165) is 10.2 Å². The molecule has 1 aliphatic rings. The zero-order chi connectivity index (χ0) is 17.1. The molecule has 1 fully saturated rings. The Hall–Kier alpha value is -2.23. The maximum absolute atomic E-state index is 12.0. The van der Waals surface area contributed by atoms with Gasteiger partial charge in [-0.15, -0.1) is 16.5 Å². The minimum atomic E-state index is -0.829. The molecule has 8 nitrogen and oxygen atoms in total. The van der Waals surface area contributed by atoms with E-state index in [9.17, 15) is 9.90 Å². The van der Waals surface area contributed by atoms with Gasteiger partial charge in [-0.05, 0) is 18.2 Å². The lowest BCUT2D eigenvalue weighted by Crippen LogP contribution is -2.25. The third-order valence-electron chi connectivity index (χ3n) is 3.62. The second-order valence-electron chi connectivity index (χ2n) is 5.33. The summed E-state index contributed by atoms with van der Waals surface area (Å²) in [4.78, 5) is 17.9. The summed E-state index contributed by atoms with van der Waals surface area (Å²) in [6.07, 6.45) is -0.113. The Kier molecular flexibility index (Phi) is 4.93. The SMILES string of the molecule is COCC1CN(c2ccc3nc(C(O)C/C=N/O)sc3c2)C(=O)O1. The topological polar surface area (TPSA) is 104 Å². The van der Waals surface area contributed by atoms with Crippen molar-refractivity contribution in [3.05, 3.63) is 23.2 Å². The van der Waals surface area contributed by atoms with Crippen LogP contribution in [0.4, 0.5) is 10.5 Å². The summed E-state index contributed by atoms with van der Waals surface area (Å²) >= 11 is 1.33. The molecule has 0 radical (unpaired) electrons. The number of aliphatic hydroxyl groups is 1. The Morgan fingerprint density at radius 3 is 3.21 bits per heavy atom. The van der Waals surface area contributed by atoms with Crippen LogP contribution < -0.4 is 4.90 Å². The number of ether oxygens (including phenoxy) is 2. The minimum Gasteiger partial charge on any atom is -0.441 e. The van der Waals surface area contributed by atoms with Crippen LogP contribution in [-0.4, -0.2) is 54.0 Å². The third kappa shape index (κ3) is 3.32. The number of aromatic nitrogens is 1. The van der Waals surface area contributed by atoms with Gasteiger partial charge in [-0.3, -0.25) is 4.90 Å². The Morgan fingerprint density at radius 1 is 1.62 bits per heavy atom. The lowest BCUT2D eigenvalue weighted by molar-refractivity contribution is 0.0718. The van der Waals surface area contributed by atoms with Gasteiger partial charge in [-0.1, -0.05) is 0 Å². The number of anilines is 1. The number of hydrogen-bond acceptors (Lipinski definition) is 8. The number of methoxy groups -OCH3 is 1. The number of thiazole rings is 1. The molecule has 0 saturated carbocycles. The van der Waals surface area contributed by atoms with Crippen molar-refractivity contribution in [2.45, 2.75) is 18.6 Å². The molecule has 2 aromatic rings. The molecule has 0 spiro atoms. The second kappa shape index (κ2) is 7.12. The monoisotopic (exact) mass is 351 g/mol. The molecule has 2 heterocycles. The predicted octanol–water partition coefficient (Wildman–Crippen LogP) is 2.15. The Balaban J connectivity index is 1.82. The largest absolute Gasteiger partial charge is 0.441 e. The van der Waals surface area contributed by atoms with E-state index in [4.69, 9.17) is 14.7 Å².